The van der Waals surface area contributed by atoms with Crippen molar-refractivity contribution in [1.29, 1.82) is 0 Å². The van der Waals surface area contributed by atoms with E-state index in [0.717, 1.165) is 33.5 Å². The van der Waals surface area contributed by atoms with E-state index in [4.69, 9.17) is 0 Å². The highest BCUT2D eigenvalue weighted by molar-refractivity contribution is 7.89. The van der Waals surface area contributed by atoms with Gasteiger partial charge in [-0.15, -0.1) is 0 Å². The summed E-state index contributed by atoms with van der Waals surface area (Å²) in [6, 6.07) is 3.57. The third kappa shape index (κ3) is 3.53. The molecule has 0 N–H and O–H groups in total. The average Bonchev–Trinajstić information content (AvgIpc) is 3.24. The fourth-order valence-corrected chi connectivity index (χ4v) is 6.32. The van der Waals surface area contributed by atoms with Crippen LogP contribution in [0, 0.1) is 34.6 Å². The van der Waals surface area contributed by atoms with Gasteiger partial charge in [-0.25, -0.2) is 13.4 Å². The number of piperazine rings is 1. The van der Waals surface area contributed by atoms with Crippen molar-refractivity contribution in [1.82, 2.24) is 18.6 Å². The molecule has 0 aliphatic carbocycles. The van der Waals surface area contributed by atoms with Gasteiger partial charge in [0.05, 0.1) is 10.5 Å². The fourth-order valence-electron chi connectivity index (χ4n) is 4.34. The summed E-state index contributed by atoms with van der Waals surface area (Å²) in [6.07, 6.45) is 5.25. The Morgan fingerprint density at radius 2 is 1.45 bits per heavy atom. The number of sulfonamides is 1. The number of pyridine rings is 1. The second-order valence-corrected chi connectivity index (χ2v) is 10.1. The standard InChI is InChI=1S/C23H28N4O3S/c1-15-16(2)18(4)22(19(5)17(15)3)31(29,30)27-12-10-25(11-13-27)23(28)20-6-7-21-24-8-9-26(21)14-20/h6-9,14H,10-13H2,1-5H3. The summed E-state index contributed by atoms with van der Waals surface area (Å²) < 4.78 is 30.4. The van der Waals surface area contributed by atoms with Gasteiger partial charge in [0.25, 0.3) is 5.91 Å². The second kappa shape index (κ2) is 7.76. The van der Waals surface area contributed by atoms with Crippen LogP contribution in [0.2, 0.25) is 0 Å². The van der Waals surface area contributed by atoms with Crippen molar-refractivity contribution < 1.29 is 13.2 Å². The van der Waals surface area contributed by atoms with Gasteiger partial charge in [-0.1, -0.05) is 0 Å². The quantitative estimate of drug-likeness (QED) is 0.627. The number of imidazole rings is 1. The highest BCUT2D eigenvalue weighted by atomic mass is 32.2. The van der Waals surface area contributed by atoms with Crippen molar-refractivity contribution in [3.63, 3.8) is 0 Å². The van der Waals surface area contributed by atoms with Gasteiger partial charge in [0.1, 0.15) is 5.65 Å². The number of carbonyl (C=O) groups excluding carboxylic acids is 1. The molecule has 0 radical (unpaired) electrons. The Balaban J connectivity index is 1.55. The third-order valence-corrected chi connectivity index (χ3v) is 8.86. The maximum Gasteiger partial charge on any atom is 0.255 e. The second-order valence-electron chi connectivity index (χ2n) is 8.26. The SMILES string of the molecule is Cc1c(C)c(C)c(S(=O)(=O)N2CCN(C(=O)c3ccc4nccn4c3)CC2)c(C)c1C. The van der Waals surface area contributed by atoms with Crippen LogP contribution in [0.5, 0.6) is 0 Å². The number of benzene rings is 1. The largest absolute Gasteiger partial charge is 0.336 e. The van der Waals surface area contributed by atoms with E-state index < -0.39 is 10.0 Å². The van der Waals surface area contributed by atoms with Gasteiger partial charge in [-0.2, -0.15) is 4.31 Å². The number of hydrogen-bond acceptors (Lipinski definition) is 4. The van der Waals surface area contributed by atoms with E-state index in [0.29, 0.717) is 23.5 Å². The molecule has 7 nitrogen and oxygen atoms in total. The summed E-state index contributed by atoms with van der Waals surface area (Å²) in [7, 11) is -3.64. The van der Waals surface area contributed by atoms with Gasteiger partial charge < -0.3 is 9.30 Å². The van der Waals surface area contributed by atoms with Crippen LogP contribution in [0.15, 0.2) is 35.6 Å². The Morgan fingerprint density at radius 3 is 2.06 bits per heavy atom. The first kappa shape index (κ1) is 21.5. The van der Waals surface area contributed by atoms with Crippen molar-refractivity contribution in [3.05, 3.63) is 64.1 Å². The van der Waals surface area contributed by atoms with E-state index in [1.807, 2.05) is 45.1 Å². The minimum absolute atomic E-state index is 0.0953. The van der Waals surface area contributed by atoms with Gasteiger partial charge in [0.15, 0.2) is 0 Å². The molecular formula is C23H28N4O3S. The maximum atomic E-state index is 13.5. The number of fused-ring (bicyclic) bond motifs is 1. The topological polar surface area (TPSA) is 75.0 Å². The van der Waals surface area contributed by atoms with Crippen molar-refractivity contribution in [2.45, 2.75) is 39.5 Å². The Morgan fingerprint density at radius 1 is 0.871 bits per heavy atom. The number of carbonyl (C=O) groups is 1. The first-order valence-electron chi connectivity index (χ1n) is 10.4. The fraction of sp³-hybridized carbons (Fsp3) is 0.391. The molecule has 4 rings (SSSR count). The van der Waals surface area contributed by atoms with E-state index in [-0.39, 0.29) is 19.0 Å². The van der Waals surface area contributed by atoms with Crippen LogP contribution in [0.1, 0.15) is 38.2 Å². The van der Waals surface area contributed by atoms with Crippen LogP contribution in [-0.4, -0.2) is 59.1 Å². The minimum atomic E-state index is -3.64. The number of rotatable bonds is 3. The zero-order valence-corrected chi connectivity index (χ0v) is 19.5. The highest BCUT2D eigenvalue weighted by Crippen LogP contribution is 2.32. The first-order chi connectivity index (χ1) is 14.6. The predicted molar refractivity (Wildman–Crippen MR) is 120 cm³/mol. The molecule has 3 aromatic rings. The Labute approximate surface area is 183 Å². The van der Waals surface area contributed by atoms with Crippen LogP contribution in [0.3, 0.4) is 0 Å². The summed E-state index contributed by atoms with van der Waals surface area (Å²) in [4.78, 5) is 19.3. The number of aromatic nitrogens is 2. The van der Waals surface area contributed by atoms with Gasteiger partial charge in [0.2, 0.25) is 10.0 Å². The molecule has 0 spiro atoms. The molecule has 2 aromatic heterocycles. The molecule has 164 valence electrons. The van der Waals surface area contributed by atoms with Crippen LogP contribution >= 0.6 is 0 Å². The minimum Gasteiger partial charge on any atom is -0.336 e. The molecular weight excluding hydrogens is 412 g/mol. The predicted octanol–water partition coefficient (Wildman–Crippen LogP) is 3.02. The Kier molecular flexibility index (Phi) is 5.39. The highest BCUT2D eigenvalue weighted by Gasteiger charge is 2.33. The normalized spacial score (nSPS) is 15.6. The lowest BCUT2D eigenvalue weighted by molar-refractivity contribution is 0.0697. The van der Waals surface area contributed by atoms with Crippen molar-refractivity contribution in [3.8, 4) is 0 Å². The molecule has 1 saturated heterocycles. The maximum absolute atomic E-state index is 13.5. The number of hydrogen-bond donors (Lipinski definition) is 0. The molecule has 1 aliphatic heterocycles. The van der Waals surface area contributed by atoms with E-state index in [1.165, 1.54) is 4.31 Å². The lowest BCUT2D eigenvalue weighted by atomic mass is 9.95. The summed E-state index contributed by atoms with van der Waals surface area (Å²) in [6.45, 7) is 11.0. The number of amides is 1. The average molecular weight is 441 g/mol. The monoisotopic (exact) mass is 440 g/mol. The smallest absolute Gasteiger partial charge is 0.255 e. The van der Waals surface area contributed by atoms with E-state index in [1.54, 1.807) is 29.6 Å². The van der Waals surface area contributed by atoms with E-state index >= 15 is 0 Å². The van der Waals surface area contributed by atoms with Gasteiger partial charge in [0, 0.05) is 44.8 Å². The molecule has 1 aliphatic rings. The molecule has 8 heteroatoms. The van der Waals surface area contributed by atoms with Gasteiger partial charge in [-0.05, 0) is 74.6 Å². The molecule has 0 saturated carbocycles. The summed E-state index contributed by atoms with van der Waals surface area (Å²) in [5.41, 5.74) is 6.15. The number of nitrogens with zero attached hydrogens (tertiary/aromatic N) is 4. The summed E-state index contributed by atoms with van der Waals surface area (Å²) >= 11 is 0. The van der Waals surface area contributed by atoms with E-state index in [9.17, 15) is 13.2 Å². The third-order valence-electron chi connectivity index (χ3n) is 6.69. The molecule has 1 amide bonds. The van der Waals surface area contributed by atoms with Crippen molar-refractivity contribution in [2.24, 2.45) is 0 Å². The molecule has 3 heterocycles. The summed E-state index contributed by atoms with van der Waals surface area (Å²) in [5.74, 6) is -0.0953. The lowest BCUT2D eigenvalue weighted by Crippen LogP contribution is -2.50. The molecule has 0 atom stereocenters. The van der Waals surface area contributed by atoms with Gasteiger partial charge >= 0.3 is 0 Å². The molecule has 0 bridgehead atoms. The zero-order chi connectivity index (χ0) is 22.5. The molecule has 1 fully saturated rings. The van der Waals surface area contributed by atoms with Crippen LogP contribution < -0.4 is 0 Å². The van der Waals surface area contributed by atoms with Crippen LogP contribution in [0.4, 0.5) is 0 Å². The Bertz CT molecular complexity index is 1260. The van der Waals surface area contributed by atoms with Crippen molar-refractivity contribution in [2.75, 3.05) is 26.2 Å². The van der Waals surface area contributed by atoms with Crippen molar-refractivity contribution >= 4 is 21.6 Å². The van der Waals surface area contributed by atoms with Crippen LogP contribution in [-0.2, 0) is 10.0 Å². The first-order valence-corrected chi connectivity index (χ1v) is 11.9. The van der Waals surface area contributed by atoms with E-state index in [2.05, 4.69) is 4.98 Å². The Hall–Kier alpha value is -2.71. The van der Waals surface area contributed by atoms with Gasteiger partial charge in [-0.3, -0.25) is 4.79 Å². The lowest BCUT2D eigenvalue weighted by Gasteiger charge is -2.35. The zero-order valence-electron chi connectivity index (χ0n) is 18.6. The molecule has 0 unspecified atom stereocenters. The molecule has 1 aromatic carbocycles. The van der Waals surface area contributed by atoms with Crippen LogP contribution in [0.25, 0.3) is 5.65 Å². The molecule has 31 heavy (non-hydrogen) atoms. The summed E-state index contributed by atoms with van der Waals surface area (Å²) in [5, 5.41) is 0.